The standard InChI is InChI=1S/C21H29F4N3O6/c1-19(2,22)15(30)18(33)28-10-20(4-5-20)8-13(28)17(32)27-12(7-11-3-6-26-16(11)31)14(29)9-34-21(23,24)25/h11-13,15,30H,3-10H2,1-2H3,(H,26,31)(H,27,32)/t11-,12-,13-,15?/m0/s1. The number of carbonyl (C=O) groups is 4. The molecule has 1 aliphatic carbocycles. The molecule has 2 heterocycles. The molecule has 3 fully saturated rings. The predicted molar refractivity (Wildman–Crippen MR) is 108 cm³/mol. The molecule has 1 spiro atoms. The van der Waals surface area contributed by atoms with Gasteiger partial charge in [-0.15, -0.1) is 13.2 Å². The van der Waals surface area contributed by atoms with Crippen LogP contribution >= 0.6 is 0 Å². The number of aliphatic hydroxyl groups excluding tert-OH is 1. The molecule has 2 saturated heterocycles. The second kappa shape index (κ2) is 9.40. The lowest BCUT2D eigenvalue weighted by molar-refractivity contribution is -0.321. The summed E-state index contributed by atoms with van der Waals surface area (Å²) in [6.45, 7) is 1.15. The third kappa shape index (κ3) is 6.23. The molecule has 0 aromatic carbocycles. The molecular weight excluding hydrogens is 466 g/mol. The topological polar surface area (TPSA) is 125 Å². The minimum atomic E-state index is -5.06. The highest BCUT2D eigenvalue weighted by molar-refractivity contribution is 5.95. The number of Topliss-reactive ketones (excluding diaryl/α,β-unsaturated/α-hetero) is 1. The summed E-state index contributed by atoms with van der Waals surface area (Å²) >= 11 is 0. The summed E-state index contributed by atoms with van der Waals surface area (Å²) < 4.78 is 55.1. The zero-order valence-corrected chi connectivity index (χ0v) is 18.9. The Balaban J connectivity index is 1.75. The van der Waals surface area contributed by atoms with E-state index in [0.29, 0.717) is 13.0 Å². The van der Waals surface area contributed by atoms with Gasteiger partial charge in [0.2, 0.25) is 11.8 Å². The maximum absolute atomic E-state index is 14.2. The number of amides is 3. The van der Waals surface area contributed by atoms with E-state index >= 15 is 0 Å². The highest BCUT2D eigenvalue weighted by Crippen LogP contribution is 2.55. The molecule has 192 valence electrons. The number of ether oxygens (including phenoxy) is 1. The van der Waals surface area contributed by atoms with Gasteiger partial charge in [-0.3, -0.25) is 23.9 Å². The fourth-order valence-electron chi connectivity index (χ4n) is 4.46. The molecule has 34 heavy (non-hydrogen) atoms. The van der Waals surface area contributed by atoms with Crippen molar-refractivity contribution in [1.29, 1.82) is 0 Å². The van der Waals surface area contributed by atoms with Gasteiger partial charge in [0.25, 0.3) is 5.91 Å². The second-order valence-corrected chi connectivity index (χ2v) is 9.93. The van der Waals surface area contributed by atoms with E-state index in [1.807, 2.05) is 0 Å². The monoisotopic (exact) mass is 495 g/mol. The lowest BCUT2D eigenvalue weighted by Gasteiger charge is -2.30. The van der Waals surface area contributed by atoms with Crippen LogP contribution in [0, 0.1) is 11.3 Å². The van der Waals surface area contributed by atoms with E-state index in [1.165, 1.54) is 0 Å². The molecule has 3 amide bonds. The van der Waals surface area contributed by atoms with E-state index in [4.69, 9.17) is 0 Å². The summed E-state index contributed by atoms with van der Waals surface area (Å²) in [6.07, 6.45) is -5.31. The van der Waals surface area contributed by atoms with Crippen molar-refractivity contribution in [2.75, 3.05) is 19.7 Å². The van der Waals surface area contributed by atoms with E-state index in [0.717, 1.165) is 31.6 Å². The number of nitrogens with one attached hydrogen (secondary N) is 2. The van der Waals surface area contributed by atoms with Crippen molar-refractivity contribution in [3.8, 4) is 0 Å². The summed E-state index contributed by atoms with van der Waals surface area (Å²) in [7, 11) is 0. The first kappa shape index (κ1) is 26.3. The molecule has 9 nitrogen and oxygen atoms in total. The van der Waals surface area contributed by atoms with Gasteiger partial charge in [0.15, 0.2) is 11.9 Å². The number of nitrogens with zero attached hydrogens (tertiary/aromatic N) is 1. The van der Waals surface area contributed by atoms with Gasteiger partial charge in [-0.25, -0.2) is 4.39 Å². The molecule has 4 atom stereocenters. The van der Waals surface area contributed by atoms with Crippen LogP contribution in [0.2, 0.25) is 0 Å². The average Bonchev–Trinajstić information content (AvgIpc) is 3.18. The number of aliphatic hydroxyl groups is 1. The van der Waals surface area contributed by atoms with Crippen molar-refractivity contribution < 1.29 is 46.6 Å². The molecule has 2 aliphatic heterocycles. The highest BCUT2D eigenvalue weighted by atomic mass is 19.4. The average molecular weight is 495 g/mol. The fourth-order valence-corrected chi connectivity index (χ4v) is 4.46. The van der Waals surface area contributed by atoms with Gasteiger partial charge in [-0.05, 0) is 51.4 Å². The first-order chi connectivity index (χ1) is 15.6. The number of rotatable bonds is 9. The van der Waals surface area contributed by atoms with Crippen LogP contribution in [0.15, 0.2) is 0 Å². The van der Waals surface area contributed by atoms with E-state index in [-0.39, 0.29) is 30.7 Å². The maximum atomic E-state index is 14.2. The first-order valence-corrected chi connectivity index (χ1v) is 11.1. The smallest absolute Gasteiger partial charge is 0.380 e. The summed E-state index contributed by atoms with van der Waals surface area (Å²) in [6, 6.07) is -2.60. The van der Waals surface area contributed by atoms with Crippen molar-refractivity contribution >= 4 is 23.5 Å². The van der Waals surface area contributed by atoms with Gasteiger partial charge in [-0.1, -0.05) is 0 Å². The molecular formula is C21H29F4N3O6. The van der Waals surface area contributed by atoms with E-state index in [1.54, 1.807) is 0 Å². The Morgan fingerprint density at radius 2 is 1.91 bits per heavy atom. The van der Waals surface area contributed by atoms with Crippen molar-refractivity contribution in [3.05, 3.63) is 0 Å². The summed E-state index contributed by atoms with van der Waals surface area (Å²) in [5.41, 5.74) is -2.61. The van der Waals surface area contributed by atoms with E-state index in [9.17, 15) is 41.8 Å². The predicted octanol–water partition coefficient (Wildman–Crippen LogP) is 0.593. The number of ketones is 1. The molecule has 3 rings (SSSR count). The van der Waals surface area contributed by atoms with Crippen LogP contribution in [0.1, 0.15) is 46.0 Å². The number of carbonyl (C=O) groups excluding carboxylic acids is 4. The second-order valence-electron chi connectivity index (χ2n) is 9.93. The molecule has 0 bridgehead atoms. The lowest BCUT2D eigenvalue weighted by Crippen LogP contribution is -2.55. The van der Waals surface area contributed by atoms with Crippen molar-refractivity contribution in [2.45, 2.75) is 76.2 Å². The Morgan fingerprint density at radius 1 is 1.26 bits per heavy atom. The fraction of sp³-hybridized carbons (Fsp3) is 0.810. The summed E-state index contributed by atoms with van der Waals surface area (Å²) in [5.74, 6) is -3.94. The van der Waals surface area contributed by atoms with Crippen LogP contribution < -0.4 is 10.6 Å². The highest BCUT2D eigenvalue weighted by Gasteiger charge is 2.57. The minimum absolute atomic E-state index is 0.123. The summed E-state index contributed by atoms with van der Waals surface area (Å²) in [4.78, 5) is 51.4. The third-order valence-corrected chi connectivity index (χ3v) is 6.70. The van der Waals surface area contributed by atoms with Crippen molar-refractivity contribution in [3.63, 3.8) is 0 Å². The number of alkyl halides is 4. The Morgan fingerprint density at radius 3 is 2.41 bits per heavy atom. The van der Waals surface area contributed by atoms with Gasteiger partial charge in [0.05, 0.1) is 6.04 Å². The van der Waals surface area contributed by atoms with Crippen LogP contribution in [-0.4, -0.2) is 83.4 Å². The van der Waals surface area contributed by atoms with Crippen LogP contribution in [0.4, 0.5) is 17.6 Å². The summed E-state index contributed by atoms with van der Waals surface area (Å²) in [5, 5.41) is 15.1. The minimum Gasteiger partial charge on any atom is -0.380 e. The lowest BCUT2D eigenvalue weighted by atomic mass is 9.95. The van der Waals surface area contributed by atoms with Gasteiger partial charge in [0, 0.05) is 19.0 Å². The van der Waals surface area contributed by atoms with Crippen LogP contribution in [-0.2, 0) is 23.9 Å². The molecule has 3 N–H and O–H groups in total. The van der Waals surface area contributed by atoms with Crippen molar-refractivity contribution in [2.24, 2.45) is 11.3 Å². The van der Waals surface area contributed by atoms with Gasteiger partial charge >= 0.3 is 6.36 Å². The van der Waals surface area contributed by atoms with Gasteiger partial charge < -0.3 is 20.6 Å². The molecule has 13 heteroatoms. The molecule has 1 unspecified atom stereocenters. The third-order valence-electron chi connectivity index (χ3n) is 6.70. The molecule has 1 saturated carbocycles. The largest absolute Gasteiger partial charge is 0.522 e. The maximum Gasteiger partial charge on any atom is 0.522 e. The Kier molecular flexibility index (Phi) is 7.28. The van der Waals surface area contributed by atoms with Crippen molar-refractivity contribution in [1.82, 2.24) is 15.5 Å². The normalized spacial score (nSPS) is 25.7. The number of likely N-dealkylation sites (tertiary alicyclic amines) is 1. The molecule has 0 aromatic heterocycles. The van der Waals surface area contributed by atoms with Gasteiger partial charge in [-0.2, -0.15) is 0 Å². The van der Waals surface area contributed by atoms with Crippen LogP contribution in [0.5, 0.6) is 0 Å². The number of halogens is 4. The zero-order valence-electron chi connectivity index (χ0n) is 18.9. The Labute approximate surface area is 193 Å². The van der Waals surface area contributed by atoms with Gasteiger partial charge in [0.1, 0.15) is 18.3 Å². The molecule has 0 aromatic rings. The molecule has 3 aliphatic rings. The Bertz CT molecular complexity index is 839. The SMILES string of the molecule is CC(C)(F)C(O)C(=O)N1CC2(CC2)C[C@H]1C(=O)N[C@@H](C[C@@H]1CCNC1=O)C(=O)COC(F)(F)F. The van der Waals surface area contributed by atoms with E-state index < -0.39 is 60.3 Å². The Hall–Kier alpha value is -2.28. The molecule has 0 radical (unpaired) electrons. The van der Waals surface area contributed by atoms with E-state index in [2.05, 4.69) is 15.4 Å². The number of hydrogen-bond acceptors (Lipinski definition) is 6. The quantitative estimate of drug-likeness (QED) is 0.402. The number of hydrogen-bond donors (Lipinski definition) is 3. The van der Waals surface area contributed by atoms with Crippen LogP contribution in [0.3, 0.4) is 0 Å². The van der Waals surface area contributed by atoms with Crippen LogP contribution in [0.25, 0.3) is 0 Å². The zero-order chi connectivity index (χ0) is 25.5. The first-order valence-electron chi connectivity index (χ1n) is 11.1.